The second-order valence-corrected chi connectivity index (χ2v) is 10.3. The van der Waals surface area contributed by atoms with Crippen LogP contribution in [0.15, 0.2) is 82.6 Å². The molecule has 0 saturated heterocycles. The molecule has 0 atom stereocenters. The Hall–Kier alpha value is -2.97. The van der Waals surface area contributed by atoms with Crippen LogP contribution in [0, 0.1) is 0 Å². The molecule has 3 rings (SSSR count). The van der Waals surface area contributed by atoms with Gasteiger partial charge in [-0.2, -0.15) is 0 Å². The molecule has 174 valence electrons. The Bertz CT molecular complexity index is 1170. The van der Waals surface area contributed by atoms with Gasteiger partial charge in [-0.15, -0.1) is 11.8 Å². The summed E-state index contributed by atoms with van der Waals surface area (Å²) in [6.45, 7) is 5.95. The number of hydrogen-bond acceptors (Lipinski definition) is 5. The van der Waals surface area contributed by atoms with E-state index >= 15 is 0 Å². The molecule has 0 spiro atoms. The molecule has 0 heterocycles. The van der Waals surface area contributed by atoms with Crippen LogP contribution in [-0.2, 0) is 10.0 Å². The summed E-state index contributed by atoms with van der Waals surface area (Å²) in [5, 5.41) is 2.84. The van der Waals surface area contributed by atoms with E-state index < -0.39 is 10.0 Å². The van der Waals surface area contributed by atoms with Gasteiger partial charge in [-0.25, -0.2) is 8.42 Å². The molecule has 0 bridgehead atoms. The highest BCUT2D eigenvalue weighted by molar-refractivity contribution is 7.98. The van der Waals surface area contributed by atoms with E-state index in [1.807, 2.05) is 20.1 Å². The standard InChI is InChI=1S/C25H28N2O4S2/c1-5-27(33(29,30)24-16-14-23(32-4)15-17-24)21-10-6-19(7-11-21)25(28)26-20-8-12-22(13-9-20)31-18(2)3/h6-18H,5H2,1-4H3,(H,26,28). The third-order valence-electron chi connectivity index (χ3n) is 4.84. The summed E-state index contributed by atoms with van der Waals surface area (Å²) in [6.07, 6.45) is 2.01. The highest BCUT2D eigenvalue weighted by Gasteiger charge is 2.23. The van der Waals surface area contributed by atoms with Gasteiger partial charge in [0.25, 0.3) is 15.9 Å². The van der Waals surface area contributed by atoms with Crippen LogP contribution >= 0.6 is 11.8 Å². The minimum absolute atomic E-state index is 0.0742. The third-order valence-corrected chi connectivity index (χ3v) is 7.50. The van der Waals surface area contributed by atoms with Gasteiger partial charge < -0.3 is 10.1 Å². The van der Waals surface area contributed by atoms with E-state index in [1.165, 1.54) is 4.31 Å². The largest absolute Gasteiger partial charge is 0.491 e. The number of benzene rings is 3. The summed E-state index contributed by atoms with van der Waals surface area (Å²) < 4.78 is 33.2. The molecule has 1 amide bonds. The SMILES string of the molecule is CCN(c1ccc(C(=O)Nc2ccc(OC(C)C)cc2)cc1)S(=O)(=O)c1ccc(SC)cc1. The van der Waals surface area contributed by atoms with Gasteiger partial charge in [0.15, 0.2) is 0 Å². The average molecular weight is 485 g/mol. The molecular formula is C25H28N2O4S2. The van der Waals surface area contributed by atoms with Crippen LogP contribution < -0.4 is 14.4 Å². The van der Waals surface area contributed by atoms with Gasteiger partial charge >= 0.3 is 0 Å². The zero-order chi connectivity index (χ0) is 24.0. The van der Waals surface area contributed by atoms with Crippen molar-refractivity contribution < 1.29 is 17.9 Å². The van der Waals surface area contributed by atoms with E-state index in [1.54, 1.807) is 91.5 Å². The highest BCUT2D eigenvalue weighted by atomic mass is 32.2. The van der Waals surface area contributed by atoms with E-state index in [2.05, 4.69) is 5.32 Å². The predicted octanol–water partition coefficient (Wildman–Crippen LogP) is 5.66. The van der Waals surface area contributed by atoms with Crippen molar-refractivity contribution in [2.24, 2.45) is 0 Å². The summed E-state index contributed by atoms with van der Waals surface area (Å²) in [5.41, 5.74) is 1.57. The minimum Gasteiger partial charge on any atom is -0.491 e. The summed E-state index contributed by atoms with van der Waals surface area (Å²) in [6, 6.07) is 20.5. The number of anilines is 2. The molecule has 0 aliphatic carbocycles. The van der Waals surface area contributed by atoms with Crippen LogP contribution in [0.3, 0.4) is 0 Å². The molecule has 1 N–H and O–H groups in total. The topological polar surface area (TPSA) is 75.7 Å². The number of ether oxygens (including phenoxy) is 1. The van der Waals surface area contributed by atoms with Gasteiger partial charge in [-0.05, 0) is 99.8 Å². The Morgan fingerprint density at radius 2 is 1.58 bits per heavy atom. The van der Waals surface area contributed by atoms with Gasteiger partial charge in [0.05, 0.1) is 16.7 Å². The van der Waals surface area contributed by atoms with E-state index in [0.717, 1.165) is 10.6 Å². The lowest BCUT2D eigenvalue weighted by Crippen LogP contribution is -2.30. The van der Waals surface area contributed by atoms with Crippen LogP contribution in [0.25, 0.3) is 0 Å². The van der Waals surface area contributed by atoms with Gasteiger partial charge in [0.1, 0.15) is 5.75 Å². The molecule has 0 radical (unpaired) electrons. The van der Waals surface area contributed by atoms with Crippen LogP contribution in [0.5, 0.6) is 5.75 Å². The molecule has 0 aromatic heterocycles. The van der Waals surface area contributed by atoms with Crippen LogP contribution in [0.2, 0.25) is 0 Å². The normalized spacial score (nSPS) is 11.3. The first-order valence-corrected chi connectivity index (χ1v) is 13.3. The fraction of sp³-hybridized carbons (Fsp3) is 0.240. The van der Waals surface area contributed by atoms with Crippen molar-refractivity contribution in [3.63, 3.8) is 0 Å². The van der Waals surface area contributed by atoms with Crippen molar-refractivity contribution in [1.29, 1.82) is 0 Å². The third kappa shape index (κ3) is 6.09. The molecule has 0 aliphatic heterocycles. The molecule has 6 nitrogen and oxygen atoms in total. The molecule has 33 heavy (non-hydrogen) atoms. The Morgan fingerprint density at radius 3 is 2.09 bits per heavy atom. The van der Waals surface area contributed by atoms with Crippen LogP contribution in [-0.4, -0.2) is 33.2 Å². The summed E-state index contributed by atoms with van der Waals surface area (Å²) >= 11 is 1.55. The zero-order valence-electron chi connectivity index (χ0n) is 19.1. The van der Waals surface area contributed by atoms with Crippen molar-refractivity contribution in [2.75, 3.05) is 22.4 Å². The first-order valence-electron chi connectivity index (χ1n) is 10.6. The highest BCUT2D eigenvalue weighted by Crippen LogP contribution is 2.26. The fourth-order valence-electron chi connectivity index (χ4n) is 3.24. The molecule has 0 aliphatic rings. The number of amides is 1. The van der Waals surface area contributed by atoms with Crippen molar-refractivity contribution >= 4 is 39.1 Å². The number of carbonyl (C=O) groups excluding carboxylic acids is 1. The first kappa shape index (κ1) is 24.7. The Balaban J connectivity index is 1.74. The van der Waals surface area contributed by atoms with E-state index in [-0.39, 0.29) is 23.5 Å². The van der Waals surface area contributed by atoms with Crippen molar-refractivity contribution in [3.05, 3.63) is 78.4 Å². The number of thioether (sulfide) groups is 1. The number of nitrogens with zero attached hydrogens (tertiary/aromatic N) is 1. The quantitative estimate of drug-likeness (QED) is 0.397. The van der Waals surface area contributed by atoms with Crippen molar-refractivity contribution in [2.45, 2.75) is 36.7 Å². The second-order valence-electron chi connectivity index (χ2n) is 7.54. The lowest BCUT2D eigenvalue weighted by atomic mass is 10.2. The number of rotatable bonds is 9. The number of carbonyl (C=O) groups is 1. The Labute approximate surface area is 200 Å². The lowest BCUT2D eigenvalue weighted by Gasteiger charge is -2.23. The van der Waals surface area contributed by atoms with Crippen molar-refractivity contribution in [1.82, 2.24) is 0 Å². The second kappa shape index (κ2) is 10.8. The zero-order valence-corrected chi connectivity index (χ0v) is 20.7. The molecule has 0 unspecified atom stereocenters. The smallest absolute Gasteiger partial charge is 0.264 e. The first-order chi connectivity index (χ1) is 15.7. The van der Waals surface area contributed by atoms with Crippen LogP contribution in [0.4, 0.5) is 11.4 Å². The van der Waals surface area contributed by atoms with E-state index in [4.69, 9.17) is 4.74 Å². The van der Waals surface area contributed by atoms with Crippen LogP contribution in [0.1, 0.15) is 31.1 Å². The molecule has 3 aromatic carbocycles. The number of hydrogen-bond donors (Lipinski definition) is 1. The molecule has 3 aromatic rings. The van der Waals surface area contributed by atoms with Gasteiger partial charge in [0, 0.05) is 22.7 Å². The maximum absolute atomic E-state index is 13.1. The van der Waals surface area contributed by atoms with Crippen molar-refractivity contribution in [3.8, 4) is 5.75 Å². The molecule has 8 heteroatoms. The Kier molecular flexibility index (Phi) is 8.05. The van der Waals surface area contributed by atoms with Gasteiger partial charge in [-0.3, -0.25) is 9.10 Å². The predicted molar refractivity (Wildman–Crippen MR) is 135 cm³/mol. The molecule has 0 fully saturated rings. The van der Waals surface area contributed by atoms with E-state index in [9.17, 15) is 13.2 Å². The summed E-state index contributed by atoms with van der Waals surface area (Å²) in [5.74, 6) is 0.453. The van der Waals surface area contributed by atoms with Gasteiger partial charge in [0.2, 0.25) is 0 Å². The lowest BCUT2D eigenvalue weighted by molar-refractivity contribution is 0.102. The fourth-order valence-corrected chi connectivity index (χ4v) is 5.12. The minimum atomic E-state index is -3.71. The van der Waals surface area contributed by atoms with E-state index in [0.29, 0.717) is 16.9 Å². The average Bonchev–Trinajstić information content (AvgIpc) is 2.81. The maximum Gasteiger partial charge on any atom is 0.264 e. The maximum atomic E-state index is 13.1. The monoisotopic (exact) mass is 484 g/mol. The summed E-state index contributed by atoms with van der Waals surface area (Å²) in [7, 11) is -3.71. The molecular weight excluding hydrogens is 456 g/mol. The number of sulfonamides is 1. The molecule has 0 saturated carbocycles. The van der Waals surface area contributed by atoms with Gasteiger partial charge in [-0.1, -0.05) is 0 Å². The summed E-state index contributed by atoms with van der Waals surface area (Å²) in [4.78, 5) is 13.9. The Morgan fingerprint density at radius 1 is 0.970 bits per heavy atom. The number of nitrogens with one attached hydrogen (secondary N) is 1.